The second-order valence-electron chi connectivity index (χ2n) is 9.47. The molecule has 8 nitrogen and oxygen atoms in total. The number of benzene rings is 4. The van der Waals surface area contributed by atoms with E-state index in [2.05, 4.69) is 21.4 Å². The minimum atomic E-state index is -3.55. The molecule has 6 rings (SSSR count). The van der Waals surface area contributed by atoms with Crippen LogP contribution < -0.4 is 9.47 Å². The second-order valence-corrected chi connectivity index (χ2v) is 16.4. The highest BCUT2D eigenvalue weighted by atomic mass is 36.0. The number of aliphatic hydroxyl groups is 1. The number of alkyl halides is 1. The quantitative estimate of drug-likeness (QED) is 0.178. The summed E-state index contributed by atoms with van der Waals surface area (Å²) in [6.45, 7) is 0.902. The van der Waals surface area contributed by atoms with E-state index in [0.717, 1.165) is 12.0 Å². The number of halogens is 3. The van der Waals surface area contributed by atoms with Crippen molar-refractivity contribution >= 4 is 61.9 Å². The lowest BCUT2D eigenvalue weighted by molar-refractivity contribution is 0.115. The normalized spacial score (nSPS) is 17.3. The number of hydrogen-bond acceptors (Lipinski definition) is 8. The first kappa shape index (κ1) is 34.2. The van der Waals surface area contributed by atoms with Crippen molar-refractivity contribution in [1.29, 1.82) is 0 Å². The predicted octanol–water partition coefficient (Wildman–Crippen LogP) is 6.96. The summed E-state index contributed by atoms with van der Waals surface area (Å²) in [5, 5.41) is 9.72. The van der Waals surface area contributed by atoms with E-state index in [0.29, 0.717) is 36.7 Å². The lowest BCUT2D eigenvalue weighted by atomic mass is 10.0. The van der Waals surface area contributed by atoms with Gasteiger partial charge in [0, 0.05) is 45.3 Å². The summed E-state index contributed by atoms with van der Waals surface area (Å²) < 4.78 is 70.0. The van der Waals surface area contributed by atoms with Gasteiger partial charge in [-0.1, -0.05) is 48.5 Å². The fraction of sp³-hybridized carbons (Fsp3) is 0.200. The first-order valence-electron chi connectivity index (χ1n) is 13.1. The third-order valence-corrected chi connectivity index (χ3v) is 10.7. The molecule has 0 spiro atoms. The smallest absolute Gasteiger partial charge is 0.211 e. The molecular formula is C30H27Cl3O8S3. The van der Waals surface area contributed by atoms with Crippen LogP contribution in [-0.2, 0) is 28.9 Å². The molecule has 4 aromatic carbocycles. The molecule has 234 valence electrons. The fourth-order valence-electron chi connectivity index (χ4n) is 4.48. The SMILES string of the molecule is O=S(=O)(c1ccccc1)c1ccc2c(c1)OCCC2Cl.O=S(=O)(c1ccccc1)c1ccc2c(c1)OCCC2O.O=S(Cl)Cl. The van der Waals surface area contributed by atoms with Gasteiger partial charge in [0.05, 0.1) is 44.3 Å². The molecule has 1 N–H and O–H groups in total. The van der Waals surface area contributed by atoms with E-state index in [1.54, 1.807) is 84.9 Å². The van der Waals surface area contributed by atoms with E-state index in [-0.39, 0.29) is 25.0 Å². The fourth-order valence-corrected chi connectivity index (χ4v) is 7.35. The molecule has 0 amide bonds. The van der Waals surface area contributed by atoms with Gasteiger partial charge in [-0.25, -0.2) is 21.0 Å². The Morgan fingerprint density at radius 3 is 1.52 bits per heavy atom. The third kappa shape index (κ3) is 8.33. The van der Waals surface area contributed by atoms with Crippen molar-refractivity contribution in [1.82, 2.24) is 0 Å². The molecule has 0 saturated heterocycles. The van der Waals surface area contributed by atoms with Gasteiger partial charge in [0.25, 0.3) is 0 Å². The van der Waals surface area contributed by atoms with Crippen molar-refractivity contribution < 1.29 is 35.6 Å². The molecule has 0 radical (unpaired) electrons. The van der Waals surface area contributed by atoms with Gasteiger partial charge in [0.2, 0.25) is 28.9 Å². The van der Waals surface area contributed by atoms with E-state index in [4.69, 9.17) is 25.3 Å². The molecule has 44 heavy (non-hydrogen) atoms. The molecule has 2 aliphatic heterocycles. The lowest BCUT2D eigenvalue weighted by Crippen LogP contribution is -2.14. The maximum absolute atomic E-state index is 12.5. The summed E-state index contributed by atoms with van der Waals surface area (Å²) in [5.41, 5.74) is 1.49. The zero-order valence-electron chi connectivity index (χ0n) is 22.9. The van der Waals surface area contributed by atoms with Crippen LogP contribution in [0, 0.1) is 0 Å². The Labute approximate surface area is 272 Å². The van der Waals surface area contributed by atoms with Crippen molar-refractivity contribution in [2.75, 3.05) is 13.2 Å². The summed E-state index contributed by atoms with van der Waals surface area (Å²) in [5.74, 6) is 1.01. The summed E-state index contributed by atoms with van der Waals surface area (Å²) in [6.07, 6.45) is 0.671. The molecule has 2 unspecified atom stereocenters. The highest BCUT2D eigenvalue weighted by Gasteiger charge is 2.25. The van der Waals surface area contributed by atoms with E-state index in [9.17, 15) is 21.9 Å². The molecule has 2 heterocycles. The van der Waals surface area contributed by atoms with Crippen LogP contribution in [0.1, 0.15) is 35.4 Å². The summed E-state index contributed by atoms with van der Waals surface area (Å²) >= 11 is 6.20. The van der Waals surface area contributed by atoms with Crippen LogP contribution in [0.15, 0.2) is 117 Å². The van der Waals surface area contributed by atoms with Gasteiger partial charge in [-0.05, 0) is 48.5 Å². The molecule has 2 aliphatic rings. The van der Waals surface area contributed by atoms with E-state index in [1.165, 1.54) is 12.1 Å². The number of aliphatic hydroxyl groups excluding tert-OH is 1. The zero-order valence-corrected chi connectivity index (χ0v) is 27.6. The number of ether oxygens (including phenoxy) is 2. The highest BCUT2D eigenvalue weighted by Crippen LogP contribution is 2.38. The predicted molar refractivity (Wildman–Crippen MR) is 170 cm³/mol. The average molecular weight is 718 g/mol. The van der Waals surface area contributed by atoms with Crippen LogP contribution in [-0.4, -0.2) is 39.4 Å². The number of rotatable bonds is 4. The molecule has 0 bridgehead atoms. The number of fused-ring (bicyclic) bond motifs is 2. The van der Waals surface area contributed by atoms with Crippen LogP contribution in [0.3, 0.4) is 0 Å². The van der Waals surface area contributed by atoms with Crippen molar-refractivity contribution in [3.8, 4) is 11.5 Å². The van der Waals surface area contributed by atoms with E-state index < -0.39 is 35.0 Å². The van der Waals surface area contributed by atoms with Crippen LogP contribution >= 0.6 is 33.0 Å². The molecular weight excluding hydrogens is 691 g/mol. The van der Waals surface area contributed by atoms with Crippen molar-refractivity contribution in [3.05, 3.63) is 108 Å². The van der Waals surface area contributed by atoms with Crippen LogP contribution in [0.2, 0.25) is 0 Å². The van der Waals surface area contributed by atoms with Gasteiger partial charge in [-0.2, -0.15) is 0 Å². The van der Waals surface area contributed by atoms with Gasteiger partial charge in [0.1, 0.15) is 11.5 Å². The minimum absolute atomic E-state index is 0.118. The Morgan fingerprint density at radius 2 is 1.05 bits per heavy atom. The average Bonchev–Trinajstić information content (AvgIpc) is 3.02. The summed E-state index contributed by atoms with van der Waals surface area (Å²) in [4.78, 5) is 0.930. The van der Waals surface area contributed by atoms with E-state index >= 15 is 0 Å². The molecule has 4 aromatic rings. The number of hydrogen-bond donors (Lipinski definition) is 1. The van der Waals surface area contributed by atoms with Gasteiger partial charge < -0.3 is 14.6 Å². The molecule has 0 saturated carbocycles. The Balaban J connectivity index is 0.000000179. The van der Waals surface area contributed by atoms with Gasteiger partial charge in [-0.15, -0.1) is 11.6 Å². The van der Waals surface area contributed by atoms with Gasteiger partial charge >= 0.3 is 0 Å². The molecule has 14 heteroatoms. The first-order valence-corrected chi connectivity index (χ1v) is 19.3. The lowest BCUT2D eigenvalue weighted by Gasteiger charge is -2.22. The van der Waals surface area contributed by atoms with Crippen LogP contribution in [0.25, 0.3) is 0 Å². The Hall–Kier alpha value is -2.64. The van der Waals surface area contributed by atoms with Crippen LogP contribution in [0.5, 0.6) is 11.5 Å². The molecule has 2 atom stereocenters. The number of sulfone groups is 2. The third-order valence-electron chi connectivity index (χ3n) is 6.67. The molecule has 0 aliphatic carbocycles. The standard InChI is InChI=1S/C15H13ClO3S.C15H14O4S.Cl2OS/c2*16-14-8-9-19-15-10-12(6-7-13(14)15)20(17,18)11-4-2-1-3-5-11;1-4(2)3/h1-7,10,14H,8-9H2;1-7,10,14,16H,8-9H2;. The second kappa shape index (κ2) is 15.1. The largest absolute Gasteiger partial charge is 0.493 e. The Kier molecular flexibility index (Phi) is 11.7. The first-order chi connectivity index (χ1) is 20.9. The van der Waals surface area contributed by atoms with Gasteiger partial charge in [0.15, 0.2) is 0 Å². The molecule has 0 fully saturated rings. The summed E-state index contributed by atoms with van der Waals surface area (Å²) in [7, 11) is 0.293. The Bertz CT molecular complexity index is 1690. The topological polar surface area (TPSA) is 124 Å². The molecule has 0 aromatic heterocycles. The van der Waals surface area contributed by atoms with Crippen molar-refractivity contribution in [3.63, 3.8) is 0 Å². The monoisotopic (exact) mass is 716 g/mol. The maximum atomic E-state index is 12.5. The van der Waals surface area contributed by atoms with Crippen LogP contribution in [0.4, 0.5) is 0 Å². The highest BCUT2D eigenvalue weighted by molar-refractivity contribution is 8.26. The van der Waals surface area contributed by atoms with Crippen molar-refractivity contribution in [2.45, 2.75) is 43.9 Å². The Morgan fingerprint density at radius 1 is 0.636 bits per heavy atom. The minimum Gasteiger partial charge on any atom is -0.493 e. The van der Waals surface area contributed by atoms with E-state index in [1.807, 2.05) is 0 Å². The maximum Gasteiger partial charge on any atom is 0.211 e. The van der Waals surface area contributed by atoms with Gasteiger partial charge in [-0.3, -0.25) is 0 Å². The summed E-state index contributed by atoms with van der Waals surface area (Å²) in [6, 6.07) is 26.1. The van der Waals surface area contributed by atoms with Crippen molar-refractivity contribution in [2.24, 2.45) is 0 Å². The zero-order chi connectivity index (χ0) is 31.9.